The summed E-state index contributed by atoms with van der Waals surface area (Å²) in [5, 5.41) is 14.6. The van der Waals surface area contributed by atoms with Gasteiger partial charge in [-0.05, 0) is 37.6 Å². The van der Waals surface area contributed by atoms with Gasteiger partial charge >= 0.3 is 11.6 Å². The maximum atomic E-state index is 11.2. The summed E-state index contributed by atoms with van der Waals surface area (Å²) < 4.78 is 5.55. The smallest absolute Gasteiger partial charge is 0.373 e. The van der Waals surface area contributed by atoms with Gasteiger partial charge < -0.3 is 10.1 Å². The lowest BCUT2D eigenvalue weighted by atomic mass is 10.2. The molecule has 110 valence electrons. The summed E-state index contributed by atoms with van der Waals surface area (Å²) in [5.74, 6) is 0.458. The maximum absolute atomic E-state index is 11.2. The van der Waals surface area contributed by atoms with Gasteiger partial charge in [-0.1, -0.05) is 11.6 Å². The fraction of sp³-hybridized carbons (Fsp3) is 0.231. The minimum Gasteiger partial charge on any atom is -0.433 e. The number of nitrogens with zero attached hydrogens (tertiary/aromatic N) is 3. The molecule has 1 aromatic heterocycles. The minimum absolute atomic E-state index is 0.114. The van der Waals surface area contributed by atoms with Crippen LogP contribution in [-0.2, 0) is 0 Å². The van der Waals surface area contributed by atoms with Crippen LogP contribution >= 0.6 is 11.6 Å². The number of hydrogen-bond acceptors (Lipinski definition) is 6. The van der Waals surface area contributed by atoms with Gasteiger partial charge in [0.15, 0.2) is 0 Å². The van der Waals surface area contributed by atoms with Crippen LogP contribution in [0.15, 0.2) is 24.5 Å². The van der Waals surface area contributed by atoms with Gasteiger partial charge in [0, 0.05) is 11.6 Å². The molecule has 8 heteroatoms. The molecule has 0 radical (unpaired) electrons. The number of rotatable bonds is 5. The Hall–Kier alpha value is -2.41. The zero-order valence-electron chi connectivity index (χ0n) is 11.5. The number of benzene rings is 1. The number of anilines is 1. The predicted octanol–water partition coefficient (Wildman–Crippen LogP) is 3.57. The normalized spacial score (nSPS) is 10.2. The molecule has 1 heterocycles. The van der Waals surface area contributed by atoms with E-state index in [2.05, 4.69) is 15.3 Å². The number of halogens is 1. The third kappa shape index (κ3) is 3.38. The van der Waals surface area contributed by atoms with E-state index < -0.39 is 4.92 Å². The molecular weight excluding hydrogens is 296 g/mol. The second-order valence-corrected chi connectivity index (χ2v) is 4.61. The molecule has 21 heavy (non-hydrogen) atoms. The molecule has 2 aromatic rings. The summed E-state index contributed by atoms with van der Waals surface area (Å²) in [6.07, 6.45) is 1.21. The summed E-state index contributed by atoms with van der Waals surface area (Å²) in [5.41, 5.74) is 0.453. The average Bonchev–Trinajstić information content (AvgIpc) is 2.42. The highest BCUT2D eigenvalue weighted by atomic mass is 35.5. The Morgan fingerprint density at radius 1 is 1.43 bits per heavy atom. The fourth-order valence-corrected chi connectivity index (χ4v) is 1.96. The van der Waals surface area contributed by atoms with Crippen molar-refractivity contribution in [2.45, 2.75) is 13.8 Å². The number of nitrogens with one attached hydrogen (secondary N) is 1. The first-order valence-corrected chi connectivity index (χ1v) is 6.58. The van der Waals surface area contributed by atoms with Crippen molar-refractivity contribution in [3.63, 3.8) is 0 Å². The van der Waals surface area contributed by atoms with Crippen LogP contribution in [0.25, 0.3) is 0 Å². The SMILES string of the molecule is CCNc1ncnc(Oc2ccc(Cl)cc2C)c1[N+](=O)[O-]. The Morgan fingerprint density at radius 3 is 2.81 bits per heavy atom. The van der Waals surface area contributed by atoms with E-state index in [1.807, 2.05) is 6.92 Å². The van der Waals surface area contributed by atoms with Gasteiger partial charge in [0.1, 0.15) is 12.1 Å². The largest absolute Gasteiger partial charge is 0.433 e. The summed E-state index contributed by atoms with van der Waals surface area (Å²) in [6, 6.07) is 4.98. The molecule has 0 amide bonds. The molecule has 0 aliphatic rings. The highest BCUT2D eigenvalue weighted by Crippen LogP contribution is 2.35. The second kappa shape index (κ2) is 6.36. The first-order chi connectivity index (χ1) is 10.0. The molecule has 0 unspecified atom stereocenters. The van der Waals surface area contributed by atoms with Crippen molar-refractivity contribution in [2.24, 2.45) is 0 Å². The molecule has 2 rings (SSSR count). The van der Waals surface area contributed by atoms with E-state index >= 15 is 0 Å². The molecule has 1 aromatic carbocycles. The topological polar surface area (TPSA) is 90.2 Å². The average molecular weight is 309 g/mol. The van der Waals surface area contributed by atoms with Crippen LogP contribution in [-0.4, -0.2) is 21.4 Å². The van der Waals surface area contributed by atoms with Crippen LogP contribution in [0.5, 0.6) is 11.6 Å². The lowest BCUT2D eigenvalue weighted by Gasteiger charge is -2.10. The quantitative estimate of drug-likeness (QED) is 0.670. The number of aromatic nitrogens is 2. The molecule has 0 aliphatic carbocycles. The molecule has 0 aliphatic heterocycles. The molecule has 0 spiro atoms. The molecule has 7 nitrogen and oxygen atoms in total. The standard InChI is InChI=1S/C13H13ClN4O3/c1-3-15-12-11(18(19)20)13(17-7-16-12)21-10-5-4-9(14)6-8(10)2/h4-7H,3H2,1-2H3,(H,15,16,17). The van der Waals surface area contributed by atoms with Crippen molar-refractivity contribution in [3.8, 4) is 11.6 Å². The van der Waals surface area contributed by atoms with E-state index in [0.29, 0.717) is 17.3 Å². The highest BCUT2D eigenvalue weighted by molar-refractivity contribution is 6.30. The van der Waals surface area contributed by atoms with Gasteiger partial charge in [-0.2, -0.15) is 4.98 Å². The first-order valence-electron chi connectivity index (χ1n) is 6.20. The van der Waals surface area contributed by atoms with Crippen LogP contribution in [0.2, 0.25) is 5.02 Å². The fourth-order valence-electron chi connectivity index (χ4n) is 1.73. The molecule has 0 bridgehead atoms. The van der Waals surface area contributed by atoms with Crippen molar-refractivity contribution >= 4 is 23.1 Å². The van der Waals surface area contributed by atoms with E-state index in [0.717, 1.165) is 5.56 Å². The van der Waals surface area contributed by atoms with E-state index in [1.165, 1.54) is 6.33 Å². The third-order valence-corrected chi connectivity index (χ3v) is 2.89. The maximum Gasteiger partial charge on any atom is 0.373 e. The van der Waals surface area contributed by atoms with Gasteiger partial charge in [-0.25, -0.2) is 4.98 Å². The van der Waals surface area contributed by atoms with E-state index in [1.54, 1.807) is 25.1 Å². The lowest BCUT2D eigenvalue weighted by Crippen LogP contribution is -2.06. The summed E-state index contributed by atoms with van der Waals surface area (Å²) in [4.78, 5) is 18.4. The number of ether oxygens (including phenoxy) is 1. The summed E-state index contributed by atoms with van der Waals surface area (Å²) in [7, 11) is 0. The summed E-state index contributed by atoms with van der Waals surface area (Å²) >= 11 is 5.87. The molecular formula is C13H13ClN4O3. The van der Waals surface area contributed by atoms with Crippen molar-refractivity contribution in [1.82, 2.24) is 9.97 Å². The predicted molar refractivity (Wildman–Crippen MR) is 79.1 cm³/mol. The van der Waals surface area contributed by atoms with Crippen molar-refractivity contribution < 1.29 is 9.66 Å². The lowest BCUT2D eigenvalue weighted by molar-refractivity contribution is -0.385. The minimum atomic E-state index is -0.571. The summed E-state index contributed by atoms with van der Waals surface area (Å²) in [6.45, 7) is 4.10. The van der Waals surface area contributed by atoms with Crippen LogP contribution in [0.3, 0.4) is 0 Å². The molecule has 0 atom stereocenters. The highest BCUT2D eigenvalue weighted by Gasteiger charge is 2.24. The molecule has 0 saturated carbocycles. The molecule has 0 saturated heterocycles. The Bertz CT molecular complexity index is 678. The van der Waals surface area contributed by atoms with E-state index in [-0.39, 0.29) is 17.4 Å². The monoisotopic (exact) mass is 308 g/mol. The van der Waals surface area contributed by atoms with Crippen LogP contribution < -0.4 is 10.1 Å². The van der Waals surface area contributed by atoms with Crippen LogP contribution in [0.4, 0.5) is 11.5 Å². The van der Waals surface area contributed by atoms with E-state index in [4.69, 9.17) is 16.3 Å². The Balaban J connectivity index is 2.43. The first kappa shape index (κ1) is 15.0. The van der Waals surface area contributed by atoms with Crippen molar-refractivity contribution in [3.05, 3.63) is 45.2 Å². The van der Waals surface area contributed by atoms with Crippen molar-refractivity contribution in [1.29, 1.82) is 0 Å². The zero-order valence-corrected chi connectivity index (χ0v) is 12.2. The van der Waals surface area contributed by atoms with E-state index in [9.17, 15) is 10.1 Å². The molecule has 1 N–H and O–H groups in total. The third-order valence-electron chi connectivity index (χ3n) is 2.66. The number of nitro groups is 1. The van der Waals surface area contributed by atoms with Gasteiger partial charge in [-0.3, -0.25) is 10.1 Å². The second-order valence-electron chi connectivity index (χ2n) is 4.18. The Labute approximate surface area is 126 Å². The number of aryl methyl sites for hydroxylation is 1. The van der Waals surface area contributed by atoms with Gasteiger partial charge in [-0.15, -0.1) is 0 Å². The van der Waals surface area contributed by atoms with Crippen LogP contribution in [0.1, 0.15) is 12.5 Å². The molecule has 0 fully saturated rings. The van der Waals surface area contributed by atoms with Gasteiger partial charge in [0.2, 0.25) is 5.82 Å². The number of hydrogen-bond donors (Lipinski definition) is 1. The van der Waals surface area contributed by atoms with Gasteiger partial charge in [0.05, 0.1) is 4.92 Å². The van der Waals surface area contributed by atoms with Crippen molar-refractivity contribution in [2.75, 3.05) is 11.9 Å². The zero-order chi connectivity index (χ0) is 15.4. The van der Waals surface area contributed by atoms with Gasteiger partial charge in [0.25, 0.3) is 0 Å². The van der Waals surface area contributed by atoms with Crippen LogP contribution in [0, 0.1) is 17.0 Å². The Kier molecular flexibility index (Phi) is 4.54. The Morgan fingerprint density at radius 2 is 2.19 bits per heavy atom.